The van der Waals surface area contributed by atoms with E-state index in [9.17, 15) is 0 Å². The number of hydrazine groups is 1. The molecule has 5 heteroatoms. The number of methoxy groups -OCH3 is 1. The Kier molecular flexibility index (Phi) is 4.41. The fraction of sp³-hybridized carbons (Fsp3) is 0.538. The molecule has 0 amide bonds. The predicted octanol–water partition coefficient (Wildman–Crippen LogP) is 1.39. The van der Waals surface area contributed by atoms with Gasteiger partial charge in [0.05, 0.1) is 25.4 Å². The average Bonchev–Trinajstić information content (AvgIpc) is 2.64. The lowest BCUT2D eigenvalue weighted by atomic mass is 10.0. The molecule has 0 aliphatic carbocycles. The van der Waals surface area contributed by atoms with E-state index < -0.39 is 0 Å². The second-order valence-corrected chi connectivity index (χ2v) is 4.34. The molecule has 1 aliphatic rings. The van der Waals surface area contributed by atoms with Gasteiger partial charge >= 0.3 is 0 Å². The van der Waals surface area contributed by atoms with Crippen LogP contribution in [0, 0.1) is 0 Å². The summed E-state index contributed by atoms with van der Waals surface area (Å²) in [5, 5.41) is 0. The number of fused-ring (bicyclic) bond motifs is 1. The molecule has 2 unspecified atom stereocenters. The van der Waals surface area contributed by atoms with Crippen LogP contribution >= 0.6 is 0 Å². The standard InChI is InChI=1S/C13H20N2O3/c1-9(16-2)13(15-14)10-4-5-11-12(8-10)18-7-3-6-17-11/h4-5,8-9,13,15H,3,6-7,14H2,1-2H3. The van der Waals surface area contributed by atoms with Crippen LogP contribution < -0.4 is 20.7 Å². The van der Waals surface area contributed by atoms with E-state index in [1.54, 1.807) is 7.11 Å². The number of nitrogens with one attached hydrogen (secondary N) is 1. The van der Waals surface area contributed by atoms with Crippen LogP contribution in [0.25, 0.3) is 0 Å². The van der Waals surface area contributed by atoms with Crippen molar-refractivity contribution in [3.63, 3.8) is 0 Å². The molecule has 1 aromatic carbocycles. The van der Waals surface area contributed by atoms with Gasteiger partial charge in [0.1, 0.15) is 0 Å². The molecule has 0 saturated carbocycles. The molecule has 0 fully saturated rings. The highest BCUT2D eigenvalue weighted by Gasteiger charge is 2.20. The maximum absolute atomic E-state index is 5.66. The minimum absolute atomic E-state index is 0.0280. The van der Waals surface area contributed by atoms with Gasteiger partial charge in [-0.25, -0.2) is 0 Å². The summed E-state index contributed by atoms with van der Waals surface area (Å²) in [6, 6.07) is 5.78. The van der Waals surface area contributed by atoms with Crippen LogP contribution in [-0.4, -0.2) is 26.4 Å². The van der Waals surface area contributed by atoms with Gasteiger partial charge in [0.25, 0.3) is 0 Å². The lowest BCUT2D eigenvalue weighted by Gasteiger charge is -2.23. The first kappa shape index (κ1) is 13.1. The van der Waals surface area contributed by atoms with Gasteiger partial charge in [0, 0.05) is 13.5 Å². The van der Waals surface area contributed by atoms with E-state index in [2.05, 4.69) is 5.43 Å². The molecule has 1 aliphatic heterocycles. The molecule has 2 rings (SSSR count). The Morgan fingerprint density at radius 2 is 2.00 bits per heavy atom. The van der Waals surface area contributed by atoms with Crippen molar-refractivity contribution in [1.82, 2.24) is 5.43 Å². The third kappa shape index (κ3) is 2.75. The van der Waals surface area contributed by atoms with Crippen LogP contribution in [0.5, 0.6) is 11.5 Å². The van der Waals surface area contributed by atoms with E-state index in [0.717, 1.165) is 23.5 Å². The van der Waals surface area contributed by atoms with Crippen LogP contribution in [0.1, 0.15) is 24.9 Å². The summed E-state index contributed by atoms with van der Waals surface area (Å²) in [4.78, 5) is 0. The smallest absolute Gasteiger partial charge is 0.161 e. The van der Waals surface area contributed by atoms with Gasteiger partial charge in [0.15, 0.2) is 11.5 Å². The Morgan fingerprint density at radius 3 is 2.67 bits per heavy atom. The molecule has 0 spiro atoms. The molecule has 100 valence electrons. The van der Waals surface area contributed by atoms with Crippen LogP contribution in [-0.2, 0) is 4.74 Å². The molecular formula is C13H20N2O3. The highest BCUT2D eigenvalue weighted by molar-refractivity contribution is 5.44. The van der Waals surface area contributed by atoms with Gasteiger partial charge in [-0.15, -0.1) is 0 Å². The minimum Gasteiger partial charge on any atom is -0.490 e. The van der Waals surface area contributed by atoms with Gasteiger partial charge in [-0.3, -0.25) is 11.3 Å². The Hall–Kier alpha value is -1.30. The molecule has 0 saturated heterocycles. The first-order chi connectivity index (χ1) is 8.76. The zero-order valence-corrected chi connectivity index (χ0v) is 10.8. The molecule has 18 heavy (non-hydrogen) atoms. The zero-order valence-electron chi connectivity index (χ0n) is 10.8. The number of ether oxygens (including phenoxy) is 3. The summed E-state index contributed by atoms with van der Waals surface area (Å²) in [6.07, 6.45) is 0.872. The number of hydrogen-bond donors (Lipinski definition) is 2. The summed E-state index contributed by atoms with van der Waals surface area (Å²) in [6.45, 7) is 3.34. The fourth-order valence-electron chi connectivity index (χ4n) is 2.01. The Balaban J connectivity index is 2.26. The lowest BCUT2D eigenvalue weighted by molar-refractivity contribution is 0.0830. The Bertz CT molecular complexity index is 398. The molecule has 1 aromatic rings. The SMILES string of the molecule is COC(C)C(NN)c1ccc2c(c1)OCCCO2. The molecule has 5 nitrogen and oxygen atoms in total. The Labute approximate surface area is 107 Å². The van der Waals surface area contributed by atoms with Crippen LogP contribution in [0.4, 0.5) is 0 Å². The summed E-state index contributed by atoms with van der Waals surface area (Å²) in [7, 11) is 1.66. The monoisotopic (exact) mass is 252 g/mol. The zero-order chi connectivity index (χ0) is 13.0. The van der Waals surface area contributed by atoms with E-state index in [4.69, 9.17) is 20.1 Å². The van der Waals surface area contributed by atoms with Gasteiger partial charge in [0.2, 0.25) is 0 Å². The predicted molar refractivity (Wildman–Crippen MR) is 68.6 cm³/mol. The molecule has 0 bridgehead atoms. The fourth-order valence-corrected chi connectivity index (χ4v) is 2.01. The van der Waals surface area contributed by atoms with Crippen LogP contribution in [0.2, 0.25) is 0 Å². The summed E-state index contributed by atoms with van der Waals surface area (Å²) in [5.74, 6) is 7.15. The Morgan fingerprint density at radius 1 is 1.28 bits per heavy atom. The van der Waals surface area contributed by atoms with Crippen molar-refractivity contribution in [2.45, 2.75) is 25.5 Å². The van der Waals surface area contributed by atoms with Crippen molar-refractivity contribution in [1.29, 1.82) is 0 Å². The third-order valence-corrected chi connectivity index (χ3v) is 3.15. The van der Waals surface area contributed by atoms with E-state index in [1.165, 1.54) is 0 Å². The summed E-state index contributed by atoms with van der Waals surface area (Å²) < 4.78 is 16.6. The van der Waals surface area contributed by atoms with Gasteiger partial charge in [-0.1, -0.05) is 6.07 Å². The van der Waals surface area contributed by atoms with Crippen molar-refractivity contribution in [2.24, 2.45) is 5.84 Å². The van der Waals surface area contributed by atoms with Crippen LogP contribution in [0.15, 0.2) is 18.2 Å². The van der Waals surface area contributed by atoms with Gasteiger partial charge in [-0.2, -0.15) is 0 Å². The maximum atomic E-state index is 5.66. The number of benzene rings is 1. The number of rotatable bonds is 4. The van der Waals surface area contributed by atoms with Crippen molar-refractivity contribution < 1.29 is 14.2 Å². The topological polar surface area (TPSA) is 65.7 Å². The molecule has 2 atom stereocenters. The van der Waals surface area contributed by atoms with Crippen molar-refractivity contribution >= 4 is 0 Å². The molecule has 1 heterocycles. The highest BCUT2D eigenvalue weighted by Crippen LogP contribution is 2.33. The maximum Gasteiger partial charge on any atom is 0.161 e. The third-order valence-electron chi connectivity index (χ3n) is 3.15. The second-order valence-electron chi connectivity index (χ2n) is 4.34. The quantitative estimate of drug-likeness (QED) is 0.626. The van der Waals surface area contributed by atoms with E-state index >= 15 is 0 Å². The van der Waals surface area contributed by atoms with E-state index in [0.29, 0.717) is 13.2 Å². The first-order valence-corrected chi connectivity index (χ1v) is 6.14. The molecule has 0 radical (unpaired) electrons. The van der Waals surface area contributed by atoms with Crippen LogP contribution in [0.3, 0.4) is 0 Å². The minimum atomic E-state index is -0.0767. The molecule has 3 N–H and O–H groups in total. The lowest BCUT2D eigenvalue weighted by Crippen LogP contribution is -2.36. The van der Waals surface area contributed by atoms with E-state index in [-0.39, 0.29) is 12.1 Å². The number of nitrogens with two attached hydrogens (primary N) is 1. The molecule has 0 aromatic heterocycles. The van der Waals surface area contributed by atoms with Crippen molar-refractivity contribution in [2.75, 3.05) is 20.3 Å². The highest BCUT2D eigenvalue weighted by atomic mass is 16.5. The largest absolute Gasteiger partial charge is 0.490 e. The van der Waals surface area contributed by atoms with Crippen molar-refractivity contribution in [3.8, 4) is 11.5 Å². The van der Waals surface area contributed by atoms with E-state index in [1.807, 2.05) is 25.1 Å². The second kappa shape index (κ2) is 6.04. The average molecular weight is 252 g/mol. The molecular weight excluding hydrogens is 232 g/mol. The van der Waals surface area contributed by atoms with Crippen molar-refractivity contribution in [3.05, 3.63) is 23.8 Å². The summed E-state index contributed by atoms with van der Waals surface area (Å²) in [5.41, 5.74) is 3.79. The normalized spacial score (nSPS) is 17.9. The summed E-state index contributed by atoms with van der Waals surface area (Å²) >= 11 is 0. The van der Waals surface area contributed by atoms with Gasteiger partial charge in [-0.05, 0) is 24.6 Å². The number of hydrogen-bond acceptors (Lipinski definition) is 5. The first-order valence-electron chi connectivity index (χ1n) is 6.14. The van der Waals surface area contributed by atoms with Gasteiger partial charge < -0.3 is 14.2 Å².